The molecule has 0 spiro atoms. The van der Waals surface area contributed by atoms with Gasteiger partial charge in [0.25, 0.3) is 0 Å². The molecular weight excluding hydrogens is 230 g/mol. The van der Waals surface area contributed by atoms with E-state index in [4.69, 9.17) is 0 Å². The smallest absolute Gasteiger partial charge is 0.0361 e. The summed E-state index contributed by atoms with van der Waals surface area (Å²) >= 11 is 0. The number of likely N-dealkylation sites (N-methyl/N-ethyl adjacent to an activating group) is 1. The van der Waals surface area contributed by atoms with Gasteiger partial charge in [0.2, 0.25) is 0 Å². The van der Waals surface area contributed by atoms with E-state index in [1.165, 1.54) is 27.8 Å². The van der Waals surface area contributed by atoms with Gasteiger partial charge in [0.1, 0.15) is 0 Å². The number of benzene rings is 2. The summed E-state index contributed by atoms with van der Waals surface area (Å²) in [4.78, 5) is 0. The molecule has 2 rings (SSSR count). The van der Waals surface area contributed by atoms with Gasteiger partial charge in [-0.15, -0.1) is 0 Å². The normalized spacial score (nSPS) is 12.4. The van der Waals surface area contributed by atoms with Crippen LogP contribution in [0.2, 0.25) is 0 Å². The molecule has 0 aromatic heterocycles. The van der Waals surface area contributed by atoms with Crippen LogP contribution in [-0.2, 0) is 6.42 Å². The zero-order valence-corrected chi connectivity index (χ0v) is 12.3. The van der Waals surface area contributed by atoms with Crippen LogP contribution in [0.5, 0.6) is 0 Å². The van der Waals surface area contributed by atoms with Gasteiger partial charge in [-0.1, -0.05) is 42.5 Å². The van der Waals surface area contributed by atoms with Gasteiger partial charge in [-0.25, -0.2) is 0 Å². The molecule has 100 valence electrons. The van der Waals surface area contributed by atoms with Crippen LogP contribution in [-0.4, -0.2) is 7.05 Å². The number of nitrogens with one attached hydrogen (secondary N) is 1. The van der Waals surface area contributed by atoms with Crippen molar-refractivity contribution >= 4 is 0 Å². The van der Waals surface area contributed by atoms with Crippen molar-refractivity contribution in [3.63, 3.8) is 0 Å². The molecule has 0 heterocycles. The quantitative estimate of drug-likeness (QED) is 0.864. The van der Waals surface area contributed by atoms with Crippen molar-refractivity contribution in [1.29, 1.82) is 0 Å². The first-order valence-electron chi connectivity index (χ1n) is 6.90. The lowest BCUT2D eigenvalue weighted by Crippen LogP contribution is -2.20. The highest BCUT2D eigenvalue weighted by Crippen LogP contribution is 2.24. The lowest BCUT2D eigenvalue weighted by Gasteiger charge is -2.20. The SMILES string of the molecule is CNC(Cc1ccccc1)c1cc(C)c(C)cc1C. The average Bonchev–Trinajstić information content (AvgIpc) is 2.42. The lowest BCUT2D eigenvalue weighted by atomic mass is 9.92. The molecule has 0 amide bonds. The molecule has 2 aromatic rings. The highest BCUT2D eigenvalue weighted by atomic mass is 14.9. The van der Waals surface area contributed by atoms with Crippen molar-refractivity contribution in [2.45, 2.75) is 33.2 Å². The third-order valence-corrected chi connectivity index (χ3v) is 3.89. The van der Waals surface area contributed by atoms with E-state index in [0.717, 1.165) is 6.42 Å². The Labute approximate surface area is 116 Å². The van der Waals surface area contributed by atoms with Crippen LogP contribution in [0.4, 0.5) is 0 Å². The van der Waals surface area contributed by atoms with Crippen LogP contribution in [0.3, 0.4) is 0 Å². The molecule has 1 unspecified atom stereocenters. The molecule has 0 aliphatic rings. The molecular formula is C18H23N. The fourth-order valence-electron chi connectivity index (χ4n) is 2.58. The van der Waals surface area contributed by atoms with Crippen molar-refractivity contribution in [1.82, 2.24) is 5.32 Å². The standard InChI is InChI=1S/C18H23N/c1-13-10-15(3)17(11-14(13)2)18(19-4)12-16-8-6-5-7-9-16/h5-11,18-19H,12H2,1-4H3. The molecule has 1 heteroatoms. The summed E-state index contributed by atoms with van der Waals surface area (Å²) in [5.74, 6) is 0. The lowest BCUT2D eigenvalue weighted by molar-refractivity contribution is 0.588. The molecule has 0 bridgehead atoms. The number of hydrogen-bond donors (Lipinski definition) is 1. The summed E-state index contributed by atoms with van der Waals surface area (Å²) in [6.07, 6.45) is 1.03. The summed E-state index contributed by atoms with van der Waals surface area (Å²) in [6, 6.07) is 15.7. The second-order valence-corrected chi connectivity index (χ2v) is 5.32. The Morgan fingerprint density at radius 1 is 0.895 bits per heavy atom. The summed E-state index contributed by atoms with van der Waals surface area (Å²) < 4.78 is 0. The van der Waals surface area contributed by atoms with Crippen LogP contribution in [0.25, 0.3) is 0 Å². The molecule has 0 aliphatic heterocycles. The van der Waals surface area contributed by atoms with Crippen molar-refractivity contribution < 1.29 is 0 Å². The largest absolute Gasteiger partial charge is 0.313 e. The monoisotopic (exact) mass is 253 g/mol. The first-order valence-corrected chi connectivity index (χ1v) is 6.90. The van der Waals surface area contributed by atoms with Gasteiger partial charge >= 0.3 is 0 Å². The predicted octanol–water partition coefficient (Wildman–Crippen LogP) is 4.12. The summed E-state index contributed by atoms with van der Waals surface area (Å²) in [6.45, 7) is 6.57. The minimum Gasteiger partial charge on any atom is -0.313 e. The summed E-state index contributed by atoms with van der Waals surface area (Å²) in [7, 11) is 2.04. The van der Waals surface area contributed by atoms with E-state index in [9.17, 15) is 0 Å². The molecule has 0 saturated carbocycles. The predicted molar refractivity (Wildman–Crippen MR) is 82.6 cm³/mol. The van der Waals surface area contributed by atoms with Crippen molar-refractivity contribution in [3.8, 4) is 0 Å². The zero-order valence-electron chi connectivity index (χ0n) is 12.3. The third kappa shape index (κ3) is 3.24. The number of aryl methyl sites for hydroxylation is 3. The molecule has 0 radical (unpaired) electrons. The van der Waals surface area contributed by atoms with Crippen LogP contribution in [0.15, 0.2) is 42.5 Å². The summed E-state index contributed by atoms with van der Waals surface area (Å²) in [5, 5.41) is 3.45. The third-order valence-electron chi connectivity index (χ3n) is 3.89. The Morgan fingerprint density at radius 3 is 2.16 bits per heavy atom. The van der Waals surface area contributed by atoms with Crippen molar-refractivity contribution in [2.75, 3.05) is 7.05 Å². The molecule has 0 fully saturated rings. The highest BCUT2D eigenvalue weighted by Gasteiger charge is 2.13. The van der Waals surface area contributed by atoms with Crippen LogP contribution in [0.1, 0.15) is 33.9 Å². The average molecular weight is 253 g/mol. The van der Waals surface area contributed by atoms with E-state index in [1.54, 1.807) is 0 Å². The van der Waals surface area contributed by atoms with Crippen LogP contribution < -0.4 is 5.32 Å². The van der Waals surface area contributed by atoms with E-state index in [0.29, 0.717) is 6.04 Å². The fraction of sp³-hybridized carbons (Fsp3) is 0.333. The van der Waals surface area contributed by atoms with Gasteiger partial charge in [-0.3, -0.25) is 0 Å². The van der Waals surface area contributed by atoms with E-state index in [-0.39, 0.29) is 0 Å². The van der Waals surface area contributed by atoms with E-state index in [1.807, 2.05) is 7.05 Å². The Bertz CT molecular complexity index is 543. The molecule has 0 saturated heterocycles. The topological polar surface area (TPSA) is 12.0 Å². The number of rotatable bonds is 4. The molecule has 1 atom stereocenters. The minimum absolute atomic E-state index is 0.377. The Balaban J connectivity index is 2.30. The fourth-order valence-corrected chi connectivity index (χ4v) is 2.58. The van der Waals surface area contributed by atoms with Crippen molar-refractivity contribution in [3.05, 3.63) is 70.3 Å². The second-order valence-electron chi connectivity index (χ2n) is 5.32. The maximum absolute atomic E-state index is 3.45. The molecule has 1 nitrogen and oxygen atoms in total. The van der Waals surface area contributed by atoms with Gasteiger partial charge in [0.15, 0.2) is 0 Å². The van der Waals surface area contributed by atoms with Crippen LogP contribution >= 0.6 is 0 Å². The van der Waals surface area contributed by atoms with Crippen molar-refractivity contribution in [2.24, 2.45) is 0 Å². The maximum atomic E-state index is 3.45. The molecule has 2 aromatic carbocycles. The number of hydrogen-bond acceptors (Lipinski definition) is 1. The Kier molecular flexibility index (Phi) is 4.39. The first kappa shape index (κ1) is 13.8. The minimum atomic E-state index is 0.377. The van der Waals surface area contributed by atoms with E-state index in [2.05, 4.69) is 68.6 Å². The van der Waals surface area contributed by atoms with Gasteiger partial charge in [-0.05, 0) is 62.1 Å². The summed E-state index contributed by atoms with van der Waals surface area (Å²) in [5.41, 5.74) is 6.90. The van der Waals surface area contributed by atoms with E-state index >= 15 is 0 Å². The second kappa shape index (κ2) is 6.03. The molecule has 0 aliphatic carbocycles. The first-order chi connectivity index (χ1) is 9.11. The molecule has 1 N–H and O–H groups in total. The van der Waals surface area contributed by atoms with Crippen LogP contribution in [0, 0.1) is 20.8 Å². The molecule has 19 heavy (non-hydrogen) atoms. The van der Waals surface area contributed by atoms with E-state index < -0.39 is 0 Å². The highest BCUT2D eigenvalue weighted by molar-refractivity contribution is 5.39. The Morgan fingerprint density at radius 2 is 1.53 bits per heavy atom. The van der Waals surface area contributed by atoms with Gasteiger partial charge in [0, 0.05) is 6.04 Å². The zero-order chi connectivity index (χ0) is 13.8. The van der Waals surface area contributed by atoms with Gasteiger partial charge in [0.05, 0.1) is 0 Å². The maximum Gasteiger partial charge on any atom is 0.0361 e. The van der Waals surface area contributed by atoms with Gasteiger partial charge in [-0.2, -0.15) is 0 Å². The van der Waals surface area contributed by atoms with Gasteiger partial charge < -0.3 is 5.32 Å². The Hall–Kier alpha value is -1.60.